The van der Waals surface area contributed by atoms with E-state index in [9.17, 15) is 0 Å². The molecule has 0 fully saturated rings. The van der Waals surface area contributed by atoms with E-state index in [1.165, 1.54) is 0 Å². The first-order valence-corrected chi connectivity index (χ1v) is 5.64. The van der Waals surface area contributed by atoms with Crippen LogP contribution in [-0.2, 0) is 3.22 Å². The highest BCUT2D eigenvalue weighted by atomic mass is 127. The van der Waals surface area contributed by atoms with Gasteiger partial charge < -0.3 is 9.30 Å². The van der Waals surface area contributed by atoms with Crippen molar-refractivity contribution in [2.45, 2.75) is 20.8 Å². The molecule has 3 nitrogen and oxygen atoms in total. The molecule has 82 valence electrons. The molecular formula is C11H13IO3. The zero-order valence-electron chi connectivity index (χ0n) is 8.91. The Morgan fingerprint density at radius 2 is 2.00 bits per heavy atom. The first-order valence-electron chi connectivity index (χ1n) is 4.75. The molecule has 1 heterocycles. The molecular weight excluding hydrogens is 307 g/mol. The lowest BCUT2D eigenvalue weighted by atomic mass is 10.2. The average Bonchev–Trinajstić information content (AvgIpc) is 2.63. The zero-order chi connectivity index (χ0) is 11.3. The molecule has 0 N–H and O–H groups in total. The Hall–Kier alpha value is -0.750. The van der Waals surface area contributed by atoms with Crippen LogP contribution in [-0.4, -0.2) is 0 Å². The second kappa shape index (κ2) is 5.97. The molecule has 4 heteroatoms. The molecule has 0 spiro atoms. The Morgan fingerprint density at radius 1 is 1.27 bits per heavy atom. The monoisotopic (exact) mass is 320 g/mol. The van der Waals surface area contributed by atoms with E-state index >= 15 is 0 Å². The topological polar surface area (TPSA) is 31.6 Å². The highest BCUT2D eigenvalue weighted by Gasteiger charge is 2.07. The summed E-state index contributed by atoms with van der Waals surface area (Å²) in [5.74, 6) is 1.46. The first kappa shape index (κ1) is 12.3. The number of aryl methyl sites for hydroxylation is 1. The lowest BCUT2D eigenvalue weighted by Crippen LogP contribution is -1.84. The van der Waals surface area contributed by atoms with E-state index in [-0.39, 0.29) is 0 Å². The van der Waals surface area contributed by atoms with Crippen molar-refractivity contribution in [1.29, 1.82) is 0 Å². The van der Waals surface area contributed by atoms with Crippen LogP contribution in [0.2, 0.25) is 0 Å². The number of furan rings is 1. The molecule has 2 rings (SSSR count). The van der Waals surface area contributed by atoms with Crippen molar-refractivity contribution in [3.8, 4) is 5.75 Å². The van der Waals surface area contributed by atoms with E-state index in [4.69, 9.17) is 9.30 Å². The van der Waals surface area contributed by atoms with E-state index in [0.717, 1.165) is 16.7 Å². The van der Waals surface area contributed by atoms with Gasteiger partial charge in [-0.05, 0) is 19.1 Å². The molecule has 0 aliphatic carbocycles. The first-order chi connectivity index (χ1) is 7.31. The number of hydrogen-bond acceptors (Lipinski definition) is 3. The van der Waals surface area contributed by atoms with Gasteiger partial charge in [0.05, 0.1) is 0 Å². The summed E-state index contributed by atoms with van der Waals surface area (Å²) in [5, 5.41) is 1.02. The van der Waals surface area contributed by atoms with E-state index in [1.807, 2.05) is 39.0 Å². The van der Waals surface area contributed by atoms with Crippen LogP contribution in [0.5, 0.6) is 5.75 Å². The van der Waals surface area contributed by atoms with Gasteiger partial charge in [-0.15, -0.1) is 3.22 Å². The van der Waals surface area contributed by atoms with Gasteiger partial charge in [0.2, 0.25) is 5.75 Å². The maximum atomic E-state index is 5.44. The van der Waals surface area contributed by atoms with Crippen molar-refractivity contribution in [3.63, 3.8) is 0 Å². The second-order valence-electron chi connectivity index (χ2n) is 2.68. The van der Waals surface area contributed by atoms with Crippen LogP contribution in [0.25, 0.3) is 11.0 Å². The third-order valence-electron chi connectivity index (χ3n) is 1.75. The summed E-state index contributed by atoms with van der Waals surface area (Å²) < 4.78 is 10.00. The van der Waals surface area contributed by atoms with Crippen LogP contribution in [0, 0.1) is 6.92 Å². The number of halogens is 1. The fraction of sp³-hybridized carbons (Fsp3) is 0.273. The Balaban J connectivity index is 0.000000531. The van der Waals surface area contributed by atoms with Gasteiger partial charge in [0.25, 0.3) is 0 Å². The molecule has 0 saturated carbocycles. The molecule has 1 aromatic heterocycles. The van der Waals surface area contributed by atoms with Crippen LogP contribution in [0.3, 0.4) is 0 Å². The summed E-state index contributed by atoms with van der Waals surface area (Å²) in [7, 11) is 0. The molecule has 0 bridgehead atoms. The lowest BCUT2D eigenvalue weighted by molar-refractivity contribution is -0.0463. The van der Waals surface area contributed by atoms with Gasteiger partial charge in [-0.25, -0.2) is 0 Å². The second-order valence-corrected chi connectivity index (χ2v) is 3.04. The number of fused-ring (bicyclic) bond motifs is 1. The molecule has 0 saturated heterocycles. The predicted molar refractivity (Wildman–Crippen MR) is 68.0 cm³/mol. The minimum absolute atomic E-state index is 0.597. The van der Waals surface area contributed by atoms with Crippen molar-refractivity contribution in [3.05, 3.63) is 30.0 Å². The minimum atomic E-state index is 0.597. The SMILES string of the molecule is CC.Cc1cc2cccc(OOI)c2o1. The molecule has 0 radical (unpaired) electrons. The largest absolute Gasteiger partial charge is 0.457 e. The van der Waals surface area contributed by atoms with Crippen molar-refractivity contribution in [2.75, 3.05) is 0 Å². The third-order valence-corrected chi connectivity index (χ3v) is 1.93. The van der Waals surface area contributed by atoms with E-state index < -0.39 is 0 Å². The fourth-order valence-electron chi connectivity index (χ4n) is 1.26. The highest BCUT2D eigenvalue weighted by Crippen LogP contribution is 2.28. The van der Waals surface area contributed by atoms with Gasteiger partial charge in [-0.1, -0.05) is 26.0 Å². The molecule has 2 aromatic rings. The van der Waals surface area contributed by atoms with Crippen molar-refractivity contribution in [1.82, 2.24) is 0 Å². The van der Waals surface area contributed by atoms with Gasteiger partial charge in [-0.3, -0.25) is 0 Å². The third kappa shape index (κ3) is 2.85. The maximum Gasteiger partial charge on any atom is 0.209 e. The average molecular weight is 320 g/mol. The van der Waals surface area contributed by atoms with Crippen molar-refractivity contribution in [2.24, 2.45) is 0 Å². The van der Waals surface area contributed by atoms with Gasteiger partial charge in [0.15, 0.2) is 28.6 Å². The predicted octanol–water partition coefficient (Wildman–Crippen LogP) is 4.43. The summed E-state index contributed by atoms with van der Waals surface area (Å²) in [6, 6.07) is 7.60. The number of rotatable bonds is 2. The van der Waals surface area contributed by atoms with Crippen LogP contribution >= 0.6 is 23.0 Å². The summed E-state index contributed by atoms with van der Waals surface area (Å²) >= 11 is 1.67. The summed E-state index contributed by atoms with van der Waals surface area (Å²) in [5.41, 5.74) is 0.719. The maximum absolute atomic E-state index is 5.44. The van der Waals surface area contributed by atoms with E-state index in [0.29, 0.717) is 5.75 Å². The molecule has 1 aromatic carbocycles. The van der Waals surface area contributed by atoms with Crippen LogP contribution in [0.1, 0.15) is 19.6 Å². The van der Waals surface area contributed by atoms with Crippen molar-refractivity contribution >= 4 is 34.0 Å². The minimum Gasteiger partial charge on any atom is -0.457 e. The van der Waals surface area contributed by atoms with Gasteiger partial charge in [0.1, 0.15) is 5.76 Å². The summed E-state index contributed by atoms with van der Waals surface area (Å²) in [6.07, 6.45) is 0. The summed E-state index contributed by atoms with van der Waals surface area (Å²) in [4.78, 5) is 4.93. The van der Waals surface area contributed by atoms with E-state index in [1.54, 1.807) is 29.1 Å². The number of para-hydroxylation sites is 1. The molecule has 0 atom stereocenters. The zero-order valence-corrected chi connectivity index (χ0v) is 11.1. The quantitative estimate of drug-likeness (QED) is 0.466. The molecule has 15 heavy (non-hydrogen) atoms. The fourth-order valence-corrected chi connectivity index (χ4v) is 1.46. The lowest BCUT2D eigenvalue weighted by Gasteiger charge is -1.98. The van der Waals surface area contributed by atoms with Crippen LogP contribution in [0.15, 0.2) is 28.7 Å². The van der Waals surface area contributed by atoms with Gasteiger partial charge in [-0.2, -0.15) is 0 Å². The number of benzene rings is 1. The van der Waals surface area contributed by atoms with Crippen LogP contribution in [0.4, 0.5) is 0 Å². The van der Waals surface area contributed by atoms with Gasteiger partial charge >= 0.3 is 0 Å². The molecule has 0 unspecified atom stereocenters. The Morgan fingerprint density at radius 3 is 2.67 bits per heavy atom. The molecule has 0 aliphatic heterocycles. The van der Waals surface area contributed by atoms with Crippen LogP contribution < -0.4 is 4.89 Å². The Bertz CT molecular complexity index is 423. The molecule has 0 amide bonds. The van der Waals surface area contributed by atoms with Crippen molar-refractivity contribution < 1.29 is 12.5 Å². The Kier molecular flexibility index (Phi) is 4.90. The Labute approximate surface area is 103 Å². The normalized spacial score (nSPS) is 9.60. The standard InChI is InChI=1S/C9H7IO3.C2H6/c1-6-5-7-3-2-4-8(12-13-10)9(7)11-6;1-2/h2-5H,1H3;1-2H3. The molecule has 0 aliphatic rings. The number of hydrogen-bond donors (Lipinski definition) is 0. The van der Waals surface area contributed by atoms with E-state index in [2.05, 4.69) is 3.22 Å². The van der Waals surface area contributed by atoms with Gasteiger partial charge in [0, 0.05) is 5.39 Å². The highest BCUT2D eigenvalue weighted by molar-refractivity contribution is 14.1. The smallest absolute Gasteiger partial charge is 0.209 e. The summed E-state index contributed by atoms with van der Waals surface area (Å²) in [6.45, 7) is 5.90.